The summed E-state index contributed by atoms with van der Waals surface area (Å²) in [6.07, 6.45) is 96.5. The van der Waals surface area contributed by atoms with Crippen molar-refractivity contribution in [2.75, 3.05) is 13.2 Å². The van der Waals surface area contributed by atoms with Gasteiger partial charge in [-0.1, -0.05) is 309 Å². The number of rotatable bonds is 62. The van der Waals surface area contributed by atoms with Crippen molar-refractivity contribution in [2.45, 2.75) is 329 Å². The zero-order chi connectivity index (χ0) is 59.2. The summed E-state index contributed by atoms with van der Waals surface area (Å²) < 4.78 is 16.9. The van der Waals surface area contributed by atoms with Crippen molar-refractivity contribution < 1.29 is 28.6 Å². The lowest BCUT2D eigenvalue weighted by Gasteiger charge is -2.18. The Morgan fingerprint density at radius 3 is 0.768 bits per heavy atom. The Hall–Kier alpha value is -4.19. The number of esters is 3. The molecule has 6 heteroatoms. The minimum atomic E-state index is -0.782. The van der Waals surface area contributed by atoms with Gasteiger partial charge in [0.2, 0.25) is 0 Å². The first-order valence-corrected chi connectivity index (χ1v) is 34.5. The van der Waals surface area contributed by atoms with E-state index in [-0.39, 0.29) is 31.1 Å². The summed E-state index contributed by atoms with van der Waals surface area (Å²) in [7, 11) is 0. The van der Waals surface area contributed by atoms with Crippen LogP contribution in [-0.4, -0.2) is 37.2 Å². The molecule has 1 atom stereocenters. The first-order valence-electron chi connectivity index (χ1n) is 34.5. The Balaban J connectivity index is 4.19. The molecular weight excluding hydrogens is 1010 g/mol. The van der Waals surface area contributed by atoms with Crippen LogP contribution in [0.15, 0.2) is 122 Å². The Bertz CT molecular complexity index is 1690. The molecule has 0 saturated carbocycles. The predicted octanol–water partition coefficient (Wildman–Crippen LogP) is 23.9. The number of hydrogen-bond acceptors (Lipinski definition) is 6. The van der Waals surface area contributed by atoms with Gasteiger partial charge in [-0.25, -0.2) is 0 Å². The van der Waals surface area contributed by atoms with Crippen LogP contribution in [0.4, 0.5) is 0 Å². The summed E-state index contributed by atoms with van der Waals surface area (Å²) >= 11 is 0. The first-order chi connectivity index (χ1) is 40.5. The number of ether oxygens (including phenoxy) is 3. The molecule has 1 unspecified atom stereocenters. The van der Waals surface area contributed by atoms with Crippen molar-refractivity contribution in [3.05, 3.63) is 122 Å². The lowest BCUT2D eigenvalue weighted by Crippen LogP contribution is -2.30. The lowest BCUT2D eigenvalue weighted by atomic mass is 10.1. The standard InChI is InChI=1S/C76H128O6/c1-4-7-10-13-16-19-22-24-26-28-30-31-32-33-34-35-36-37-38-39-40-41-42-43-44-45-47-48-50-52-54-57-60-63-66-69-75(78)81-72-73(71-80-74(77)68-65-62-59-56-21-18-15-12-9-6-3)82-76(79)70-67-64-61-58-55-53-51-49-46-29-27-25-23-20-17-14-11-8-5-2/h7,10,16-17,19-20,24-27,30-31,33-34,36-37,39-40,42-43,73H,4-6,8-9,11-15,18,21-23,28-29,32,35,38,41,44-72H2,1-3H3/b10-7-,19-16-,20-17-,26-24-,27-25-,31-30-,34-33-,37-36-,40-39-,43-42-. The Morgan fingerprint density at radius 2 is 0.476 bits per heavy atom. The fourth-order valence-electron chi connectivity index (χ4n) is 9.55. The van der Waals surface area contributed by atoms with Gasteiger partial charge in [0, 0.05) is 19.3 Å². The molecule has 0 N–H and O–H groups in total. The number of hydrogen-bond donors (Lipinski definition) is 0. The molecule has 6 nitrogen and oxygen atoms in total. The van der Waals surface area contributed by atoms with Crippen molar-refractivity contribution in [3.8, 4) is 0 Å². The van der Waals surface area contributed by atoms with Gasteiger partial charge >= 0.3 is 17.9 Å². The Labute approximate surface area is 507 Å². The summed E-state index contributed by atoms with van der Waals surface area (Å²) in [5, 5.41) is 0. The molecule has 0 saturated heterocycles. The summed E-state index contributed by atoms with van der Waals surface area (Å²) in [6, 6.07) is 0. The summed E-state index contributed by atoms with van der Waals surface area (Å²) in [6.45, 7) is 6.50. The van der Waals surface area contributed by atoms with Gasteiger partial charge < -0.3 is 14.2 Å². The van der Waals surface area contributed by atoms with Gasteiger partial charge in [0.25, 0.3) is 0 Å². The maximum absolute atomic E-state index is 12.9. The molecule has 0 aromatic rings. The van der Waals surface area contributed by atoms with Gasteiger partial charge in [-0.15, -0.1) is 0 Å². The van der Waals surface area contributed by atoms with Gasteiger partial charge in [0.1, 0.15) is 13.2 Å². The van der Waals surface area contributed by atoms with Crippen molar-refractivity contribution in [2.24, 2.45) is 0 Å². The second-order valence-corrected chi connectivity index (χ2v) is 22.7. The zero-order valence-corrected chi connectivity index (χ0v) is 53.7. The van der Waals surface area contributed by atoms with E-state index >= 15 is 0 Å². The van der Waals surface area contributed by atoms with E-state index in [1.54, 1.807) is 0 Å². The number of carbonyl (C=O) groups is 3. The fourth-order valence-corrected chi connectivity index (χ4v) is 9.55. The first kappa shape index (κ1) is 77.8. The predicted molar refractivity (Wildman–Crippen MR) is 357 cm³/mol. The van der Waals surface area contributed by atoms with E-state index < -0.39 is 6.10 Å². The molecule has 468 valence electrons. The van der Waals surface area contributed by atoms with Crippen LogP contribution in [0.5, 0.6) is 0 Å². The minimum absolute atomic E-state index is 0.0788. The normalized spacial score (nSPS) is 12.9. The maximum atomic E-state index is 12.9. The fraction of sp³-hybridized carbons (Fsp3) is 0.697. The van der Waals surface area contributed by atoms with Crippen LogP contribution in [-0.2, 0) is 28.6 Å². The minimum Gasteiger partial charge on any atom is -0.462 e. The highest BCUT2D eigenvalue weighted by molar-refractivity contribution is 5.71. The molecular formula is C76H128O6. The topological polar surface area (TPSA) is 78.9 Å². The van der Waals surface area contributed by atoms with E-state index in [1.165, 1.54) is 167 Å². The SMILES string of the molecule is CC/C=C\C/C=C\C/C=C\C/C=C\C/C=C\C/C=C\C/C=C\C/C=C\CCCCCCCCCCCCC(=O)OCC(COC(=O)CCCCCCCCCCCC)OC(=O)CCCCCCCCCCC/C=C\C/C=C\CCCCC. The third kappa shape index (κ3) is 66.6. The average Bonchev–Trinajstić information content (AvgIpc) is 3.48. The summed E-state index contributed by atoms with van der Waals surface area (Å²) in [5.74, 6) is -0.880. The van der Waals surface area contributed by atoms with E-state index in [2.05, 4.69) is 142 Å². The number of carbonyl (C=O) groups excluding carboxylic acids is 3. The molecule has 0 radical (unpaired) electrons. The van der Waals surface area contributed by atoms with Gasteiger partial charge in [-0.2, -0.15) is 0 Å². The van der Waals surface area contributed by atoms with E-state index in [9.17, 15) is 14.4 Å². The molecule has 0 heterocycles. The van der Waals surface area contributed by atoms with E-state index in [0.29, 0.717) is 19.3 Å². The van der Waals surface area contributed by atoms with Crippen LogP contribution in [0.3, 0.4) is 0 Å². The van der Waals surface area contributed by atoms with E-state index in [4.69, 9.17) is 14.2 Å². The highest BCUT2D eigenvalue weighted by Crippen LogP contribution is 2.16. The molecule has 0 aliphatic carbocycles. The molecule has 0 aliphatic rings. The highest BCUT2D eigenvalue weighted by Gasteiger charge is 2.19. The molecule has 0 aliphatic heterocycles. The molecule has 0 amide bonds. The van der Waals surface area contributed by atoms with Crippen LogP contribution in [0, 0.1) is 0 Å². The number of allylic oxidation sites excluding steroid dienone is 20. The quantitative estimate of drug-likeness (QED) is 0.0261. The van der Waals surface area contributed by atoms with E-state index in [0.717, 1.165) is 116 Å². The molecule has 0 fully saturated rings. The van der Waals surface area contributed by atoms with Crippen LogP contribution in [0.2, 0.25) is 0 Å². The van der Waals surface area contributed by atoms with Crippen molar-refractivity contribution in [1.29, 1.82) is 0 Å². The van der Waals surface area contributed by atoms with Crippen molar-refractivity contribution >= 4 is 17.9 Å². The Kier molecular flexibility index (Phi) is 65.8. The second kappa shape index (κ2) is 69.3. The lowest BCUT2D eigenvalue weighted by molar-refractivity contribution is -0.167. The molecule has 0 aromatic heterocycles. The number of unbranched alkanes of at least 4 members (excludes halogenated alkanes) is 31. The van der Waals surface area contributed by atoms with Crippen LogP contribution in [0.1, 0.15) is 323 Å². The molecule has 0 bridgehead atoms. The van der Waals surface area contributed by atoms with Gasteiger partial charge in [0.15, 0.2) is 6.10 Å². The molecule has 0 rings (SSSR count). The summed E-state index contributed by atoms with van der Waals surface area (Å²) in [4.78, 5) is 38.3. The third-order valence-electron chi connectivity index (χ3n) is 14.7. The van der Waals surface area contributed by atoms with Crippen LogP contribution in [0.25, 0.3) is 0 Å². The van der Waals surface area contributed by atoms with Gasteiger partial charge in [-0.05, 0) is 116 Å². The van der Waals surface area contributed by atoms with Crippen molar-refractivity contribution in [3.63, 3.8) is 0 Å². The average molecular weight is 1140 g/mol. The van der Waals surface area contributed by atoms with Crippen LogP contribution < -0.4 is 0 Å². The molecule has 0 aromatic carbocycles. The second-order valence-electron chi connectivity index (χ2n) is 22.7. The molecule has 82 heavy (non-hydrogen) atoms. The van der Waals surface area contributed by atoms with Gasteiger partial charge in [-0.3, -0.25) is 14.4 Å². The highest BCUT2D eigenvalue weighted by atomic mass is 16.6. The Morgan fingerprint density at radius 1 is 0.256 bits per heavy atom. The molecule has 0 spiro atoms. The monoisotopic (exact) mass is 1140 g/mol. The van der Waals surface area contributed by atoms with Gasteiger partial charge in [0.05, 0.1) is 0 Å². The smallest absolute Gasteiger partial charge is 0.306 e. The van der Waals surface area contributed by atoms with Crippen LogP contribution >= 0.6 is 0 Å². The maximum Gasteiger partial charge on any atom is 0.306 e. The summed E-state index contributed by atoms with van der Waals surface area (Å²) in [5.41, 5.74) is 0. The van der Waals surface area contributed by atoms with Crippen molar-refractivity contribution in [1.82, 2.24) is 0 Å². The largest absolute Gasteiger partial charge is 0.462 e. The van der Waals surface area contributed by atoms with E-state index in [1.807, 2.05) is 0 Å². The zero-order valence-electron chi connectivity index (χ0n) is 53.7. The third-order valence-corrected chi connectivity index (χ3v) is 14.7.